The van der Waals surface area contributed by atoms with Crippen molar-refractivity contribution in [1.29, 1.82) is 0 Å². The van der Waals surface area contributed by atoms with Gasteiger partial charge in [-0.2, -0.15) is 0 Å². The zero-order valence-corrected chi connectivity index (χ0v) is 12.0. The highest BCUT2D eigenvalue weighted by atomic mass is 35.5. The van der Waals surface area contributed by atoms with Crippen molar-refractivity contribution in [3.63, 3.8) is 0 Å². The summed E-state index contributed by atoms with van der Waals surface area (Å²) in [6.07, 6.45) is 3.31. The van der Waals surface area contributed by atoms with Gasteiger partial charge in [0.1, 0.15) is 0 Å². The van der Waals surface area contributed by atoms with Gasteiger partial charge in [0.15, 0.2) is 0 Å². The van der Waals surface area contributed by atoms with Gasteiger partial charge >= 0.3 is 0 Å². The summed E-state index contributed by atoms with van der Waals surface area (Å²) in [6, 6.07) is 7.25. The molecule has 1 aromatic rings. The Labute approximate surface area is 119 Å². The number of benzene rings is 1. The number of amides is 1. The highest BCUT2D eigenvalue weighted by Gasteiger charge is 2.07. The number of hydrogen-bond acceptors (Lipinski definition) is 2. The third-order valence-electron chi connectivity index (χ3n) is 2.53. The number of hydrogen-bond donors (Lipinski definition) is 2. The van der Waals surface area contributed by atoms with E-state index in [9.17, 15) is 9.90 Å². The van der Waals surface area contributed by atoms with Gasteiger partial charge in [-0.25, -0.2) is 0 Å². The van der Waals surface area contributed by atoms with Crippen molar-refractivity contribution in [2.45, 2.75) is 26.4 Å². The van der Waals surface area contributed by atoms with Crippen LogP contribution in [-0.2, 0) is 4.79 Å². The molecular weight excluding hydrogens is 262 g/mol. The molecule has 104 valence electrons. The molecule has 0 aromatic heterocycles. The molecule has 1 aromatic carbocycles. The van der Waals surface area contributed by atoms with E-state index in [2.05, 4.69) is 5.32 Å². The summed E-state index contributed by atoms with van der Waals surface area (Å²) >= 11 is 5.84. The molecule has 0 bridgehead atoms. The highest BCUT2D eigenvalue weighted by Crippen LogP contribution is 2.11. The van der Waals surface area contributed by atoms with Gasteiger partial charge in [-0.3, -0.25) is 4.79 Å². The largest absolute Gasteiger partial charge is 0.391 e. The molecule has 3 nitrogen and oxygen atoms in total. The van der Waals surface area contributed by atoms with Gasteiger partial charge in [0.2, 0.25) is 5.91 Å². The Morgan fingerprint density at radius 2 is 2.21 bits per heavy atom. The number of carbonyl (C=O) groups excluding carboxylic acids is 1. The molecule has 0 aliphatic heterocycles. The van der Waals surface area contributed by atoms with E-state index in [1.54, 1.807) is 18.2 Å². The molecule has 19 heavy (non-hydrogen) atoms. The first-order valence-electron chi connectivity index (χ1n) is 6.37. The van der Waals surface area contributed by atoms with Crippen molar-refractivity contribution in [1.82, 2.24) is 5.32 Å². The number of carbonyl (C=O) groups is 1. The van der Waals surface area contributed by atoms with E-state index in [1.807, 2.05) is 26.0 Å². The molecule has 0 saturated heterocycles. The van der Waals surface area contributed by atoms with Gasteiger partial charge in [-0.1, -0.05) is 37.6 Å². The van der Waals surface area contributed by atoms with Crippen molar-refractivity contribution in [2.24, 2.45) is 5.92 Å². The van der Waals surface area contributed by atoms with Crippen LogP contribution in [0.25, 0.3) is 6.08 Å². The minimum atomic E-state index is -0.497. The quantitative estimate of drug-likeness (QED) is 0.788. The Kier molecular flexibility index (Phi) is 6.60. The Morgan fingerprint density at radius 3 is 2.84 bits per heavy atom. The average molecular weight is 282 g/mol. The SMILES string of the molecule is CC(C)CC(O)CNC(=O)/C=C/c1cccc(Cl)c1. The molecule has 0 radical (unpaired) electrons. The second-order valence-electron chi connectivity index (χ2n) is 4.92. The van der Waals surface area contributed by atoms with E-state index < -0.39 is 6.10 Å². The van der Waals surface area contributed by atoms with Crippen LogP contribution in [0, 0.1) is 5.92 Å². The normalized spacial score (nSPS) is 12.9. The molecule has 0 spiro atoms. The highest BCUT2D eigenvalue weighted by molar-refractivity contribution is 6.30. The minimum absolute atomic E-state index is 0.220. The number of aliphatic hydroxyl groups excluding tert-OH is 1. The average Bonchev–Trinajstić information content (AvgIpc) is 2.33. The smallest absolute Gasteiger partial charge is 0.244 e. The van der Waals surface area contributed by atoms with E-state index in [-0.39, 0.29) is 12.5 Å². The third kappa shape index (κ3) is 6.99. The summed E-state index contributed by atoms with van der Waals surface area (Å²) in [5.74, 6) is 0.191. The fourth-order valence-corrected chi connectivity index (χ4v) is 1.89. The van der Waals surface area contributed by atoms with Crippen LogP contribution in [0.1, 0.15) is 25.8 Å². The van der Waals surface area contributed by atoms with Crippen LogP contribution in [0.2, 0.25) is 5.02 Å². The summed E-state index contributed by atoms with van der Waals surface area (Å²) in [6.45, 7) is 4.34. The van der Waals surface area contributed by atoms with Crippen LogP contribution < -0.4 is 5.32 Å². The maximum atomic E-state index is 11.5. The molecule has 0 fully saturated rings. The molecule has 1 atom stereocenters. The number of nitrogens with one attached hydrogen (secondary N) is 1. The van der Waals surface area contributed by atoms with E-state index in [0.717, 1.165) is 5.56 Å². The monoisotopic (exact) mass is 281 g/mol. The summed E-state index contributed by atoms with van der Waals surface area (Å²) < 4.78 is 0. The maximum absolute atomic E-state index is 11.5. The van der Waals surface area contributed by atoms with Crippen LogP contribution in [0.15, 0.2) is 30.3 Å². The molecule has 0 saturated carbocycles. The minimum Gasteiger partial charge on any atom is -0.391 e. The standard InChI is InChI=1S/C15H20ClNO2/c1-11(2)8-14(18)10-17-15(19)7-6-12-4-3-5-13(16)9-12/h3-7,9,11,14,18H,8,10H2,1-2H3,(H,17,19)/b7-6+. The first-order chi connectivity index (χ1) is 8.97. The van der Waals surface area contributed by atoms with Gasteiger partial charge < -0.3 is 10.4 Å². The fourth-order valence-electron chi connectivity index (χ4n) is 1.69. The van der Waals surface area contributed by atoms with Crippen molar-refractivity contribution < 1.29 is 9.90 Å². The van der Waals surface area contributed by atoms with E-state index in [4.69, 9.17) is 11.6 Å². The zero-order valence-electron chi connectivity index (χ0n) is 11.3. The van der Waals surface area contributed by atoms with Crippen LogP contribution in [0.3, 0.4) is 0 Å². The number of halogens is 1. The van der Waals surface area contributed by atoms with Crippen LogP contribution in [0.5, 0.6) is 0 Å². The molecular formula is C15H20ClNO2. The van der Waals surface area contributed by atoms with Crippen molar-refractivity contribution in [2.75, 3.05) is 6.54 Å². The predicted octanol–water partition coefficient (Wildman–Crippen LogP) is 2.88. The fraction of sp³-hybridized carbons (Fsp3) is 0.400. The first kappa shape index (κ1) is 15.7. The second-order valence-corrected chi connectivity index (χ2v) is 5.35. The van der Waals surface area contributed by atoms with Gasteiger partial charge in [-0.15, -0.1) is 0 Å². The summed E-state index contributed by atoms with van der Waals surface area (Å²) in [4.78, 5) is 11.5. The number of rotatable bonds is 6. The van der Waals surface area contributed by atoms with Crippen LogP contribution >= 0.6 is 11.6 Å². The first-order valence-corrected chi connectivity index (χ1v) is 6.74. The zero-order chi connectivity index (χ0) is 14.3. The van der Waals surface area contributed by atoms with Crippen LogP contribution in [0.4, 0.5) is 0 Å². The molecule has 0 heterocycles. The van der Waals surface area contributed by atoms with Gasteiger partial charge in [0.05, 0.1) is 6.10 Å². The lowest BCUT2D eigenvalue weighted by molar-refractivity contribution is -0.116. The van der Waals surface area contributed by atoms with E-state index in [1.165, 1.54) is 6.08 Å². The Hall–Kier alpha value is -1.32. The molecule has 2 N–H and O–H groups in total. The Balaban J connectivity index is 2.39. The molecule has 1 amide bonds. The second kappa shape index (κ2) is 7.97. The molecule has 0 aliphatic rings. The topological polar surface area (TPSA) is 49.3 Å². The molecule has 0 aliphatic carbocycles. The van der Waals surface area contributed by atoms with Crippen molar-refractivity contribution in [3.8, 4) is 0 Å². The summed E-state index contributed by atoms with van der Waals surface area (Å²) in [5, 5.41) is 12.9. The summed E-state index contributed by atoms with van der Waals surface area (Å²) in [5.41, 5.74) is 0.866. The molecule has 4 heteroatoms. The summed E-state index contributed by atoms with van der Waals surface area (Å²) in [7, 11) is 0. The van der Waals surface area contributed by atoms with E-state index in [0.29, 0.717) is 17.4 Å². The van der Waals surface area contributed by atoms with Gasteiger partial charge in [0, 0.05) is 17.6 Å². The van der Waals surface area contributed by atoms with Crippen molar-refractivity contribution in [3.05, 3.63) is 40.9 Å². The lowest BCUT2D eigenvalue weighted by atomic mass is 10.1. The maximum Gasteiger partial charge on any atom is 0.244 e. The molecule has 1 rings (SSSR count). The Morgan fingerprint density at radius 1 is 1.47 bits per heavy atom. The number of aliphatic hydroxyl groups is 1. The third-order valence-corrected chi connectivity index (χ3v) is 2.77. The van der Waals surface area contributed by atoms with Crippen LogP contribution in [-0.4, -0.2) is 23.7 Å². The lowest BCUT2D eigenvalue weighted by Gasteiger charge is -2.12. The van der Waals surface area contributed by atoms with Gasteiger partial charge in [-0.05, 0) is 36.1 Å². The van der Waals surface area contributed by atoms with Crippen molar-refractivity contribution >= 4 is 23.6 Å². The lowest BCUT2D eigenvalue weighted by Crippen LogP contribution is -2.31. The van der Waals surface area contributed by atoms with Gasteiger partial charge in [0.25, 0.3) is 0 Å². The predicted molar refractivity (Wildman–Crippen MR) is 79.0 cm³/mol. The molecule has 1 unspecified atom stereocenters. The Bertz CT molecular complexity index is 444. The van der Waals surface area contributed by atoms with E-state index >= 15 is 0 Å².